The van der Waals surface area contributed by atoms with E-state index in [2.05, 4.69) is 4.90 Å². The van der Waals surface area contributed by atoms with Gasteiger partial charge >= 0.3 is 6.98 Å². The first-order valence-electron chi connectivity index (χ1n) is 6.71. The van der Waals surface area contributed by atoms with Gasteiger partial charge in [0.1, 0.15) is 0 Å². The molecule has 1 aromatic carbocycles. The molecule has 2 rings (SSSR count). The van der Waals surface area contributed by atoms with Crippen LogP contribution in [0.2, 0.25) is 0 Å². The summed E-state index contributed by atoms with van der Waals surface area (Å²) in [4.78, 5) is 2.32. The fourth-order valence-electron chi connectivity index (χ4n) is 2.36. The van der Waals surface area contributed by atoms with Crippen molar-refractivity contribution < 1.29 is 17.7 Å². The zero-order valence-electron chi connectivity index (χ0n) is 10.8. The number of hydrogen-bond donors (Lipinski definition) is 0. The predicted octanol–water partition coefficient (Wildman–Crippen LogP) is 2.61. The third-order valence-electron chi connectivity index (χ3n) is 3.35. The Morgan fingerprint density at radius 1 is 1.11 bits per heavy atom. The van der Waals surface area contributed by atoms with E-state index in [1.165, 1.54) is 25.0 Å². The molecule has 1 aromatic rings. The van der Waals surface area contributed by atoms with E-state index in [4.69, 9.17) is 4.74 Å². The van der Waals surface area contributed by atoms with Crippen LogP contribution in [0.5, 0.6) is 5.75 Å². The van der Waals surface area contributed by atoms with Crippen molar-refractivity contribution in [3.63, 3.8) is 0 Å². The lowest BCUT2D eigenvalue weighted by molar-refractivity contribution is 0.264. The molecule has 0 bridgehead atoms. The van der Waals surface area contributed by atoms with Gasteiger partial charge in [-0.05, 0) is 38.4 Å². The Kier molecular flexibility index (Phi) is 4.74. The van der Waals surface area contributed by atoms with E-state index in [-0.39, 0.29) is 5.75 Å². The van der Waals surface area contributed by atoms with Gasteiger partial charge < -0.3 is 22.6 Å². The Hall–Kier alpha value is -1.17. The second kappa shape index (κ2) is 6.32. The molecule has 106 valence electrons. The lowest BCUT2D eigenvalue weighted by Crippen LogP contribution is -2.35. The third-order valence-corrected chi connectivity index (χ3v) is 3.35. The minimum Gasteiger partial charge on any atom is -0.497 e. The van der Waals surface area contributed by atoms with Crippen molar-refractivity contribution in [2.45, 2.75) is 19.3 Å². The molecule has 0 aliphatic carbocycles. The minimum atomic E-state index is -5.01. The van der Waals surface area contributed by atoms with Crippen LogP contribution in [0.1, 0.15) is 19.3 Å². The molecule has 0 radical (unpaired) electrons. The van der Waals surface area contributed by atoms with Crippen molar-refractivity contribution >= 4 is 12.4 Å². The van der Waals surface area contributed by atoms with Crippen molar-refractivity contribution in [3.05, 3.63) is 24.3 Å². The number of hydrogen-bond acceptors (Lipinski definition) is 2. The molecule has 1 aliphatic heterocycles. The van der Waals surface area contributed by atoms with Gasteiger partial charge in [0, 0.05) is 6.54 Å². The highest BCUT2D eigenvalue weighted by molar-refractivity contribution is 6.74. The molecule has 0 unspecified atom stereocenters. The average molecular weight is 272 g/mol. The van der Waals surface area contributed by atoms with Crippen LogP contribution in [0, 0.1) is 0 Å². The van der Waals surface area contributed by atoms with E-state index in [9.17, 15) is 12.9 Å². The molecular weight excluding hydrogens is 254 g/mol. The maximum Gasteiger partial charge on any atom is 0.513 e. The third kappa shape index (κ3) is 4.16. The topological polar surface area (TPSA) is 12.5 Å². The first-order chi connectivity index (χ1) is 9.07. The lowest BCUT2D eigenvalue weighted by atomic mass is 9.79. The maximum absolute atomic E-state index is 12.8. The number of benzene rings is 1. The first-order valence-corrected chi connectivity index (χ1v) is 6.71. The minimum absolute atomic E-state index is 0.0450. The van der Waals surface area contributed by atoms with Gasteiger partial charge in [0.2, 0.25) is 0 Å². The second-order valence-corrected chi connectivity index (χ2v) is 4.86. The van der Waals surface area contributed by atoms with Crippen LogP contribution < -0.4 is 10.2 Å². The van der Waals surface area contributed by atoms with Gasteiger partial charge in [0.25, 0.3) is 0 Å². The summed E-state index contributed by atoms with van der Waals surface area (Å²) >= 11 is 0. The average Bonchev–Trinajstić information content (AvgIpc) is 2.87. The van der Waals surface area contributed by atoms with Crippen molar-refractivity contribution in [1.29, 1.82) is 0 Å². The molecule has 1 heterocycles. The van der Waals surface area contributed by atoms with Crippen LogP contribution in [-0.4, -0.2) is 38.1 Å². The van der Waals surface area contributed by atoms with Gasteiger partial charge in [0.15, 0.2) is 0 Å². The molecule has 0 N–H and O–H groups in total. The summed E-state index contributed by atoms with van der Waals surface area (Å²) in [7, 11) is 0. The van der Waals surface area contributed by atoms with Crippen molar-refractivity contribution in [1.82, 2.24) is 4.90 Å². The monoisotopic (exact) mass is 272 g/mol. The Labute approximate surface area is 111 Å². The van der Waals surface area contributed by atoms with Gasteiger partial charge in [-0.3, -0.25) is 0 Å². The zero-order chi connectivity index (χ0) is 13.7. The van der Waals surface area contributed by atoms with Crippen LogP contribution in [0.25, 0.3) is 0 Å². The van der Waals surface area contributed by atoms with E-state index >= 15 is 0 Å². The number of ether oxygens (including phenoxy) is 1. The van der Waals surface area contributed by atoms with E-state index in [0.29, 0.717) is 6.61 Å². The SMILES string of the molecule is F[B-](F)(F)c1ccccc1OCCCN1CCCC1. The summed E-state index contributed by atoms with van der Waals surface area (Å²) in [6.07, 6.45) is 3.21. The molecule has 2 nitrogen and oxygen atoms in total. The Morgan fingerprint density at radius 3 is 2.47 bits per heavy atom. The first kappa shape index (κ1) is 14.2. The largest absolute Gasteiger partial charge is 0.513 e. The Balaban J connectivity index is 1.82. The van der Waals surface area contributed by atoms with Crippen LogP contribution in [0.15, 0.2) is 24.3 Å². The number of nitrogens with zero attached hydrogens (tertiary/aromatic N) is 1. The molecule has 19 heavy (non-hydrogen) atoms. The summed E-state index contributed by atoms with van der Waals surface area (Å²) in [6, 6.07) is 5.43. The smallest absolute Gasteiger partial charge is 0.497 e. The number of rotatable bonds is 6. The fourth-order valence-corrected chi connectivity index (χ4v) is 2.36. The summed E-state index contributed by atoms with van der Waals surface area (Å²) < 4.78 is 43.6. The van der Waals surface area contributed by atoms with Crippen molar-refractivity contribution in [2.75, 3.05) is 26.2 Å². The van der Waals surface area contributed by atoms with Gasteiger partial charge in [-0.2, -0.15) is 0 Å². The summed E-state index contributed by atoms with van der Waals surface area (Å²) in [5.74, 6) is -0.0450. The van der Waals surface area contributed by atoms with Crippen molar-refractivity contribution in [2.24, 2.45) is 0 Å². The van der Waals surface area contributed by atoms with Crippen molar-refractivity contribution in [3.8, 4) is 5.75 Å². The Morgan fingerprint density at radius 2 is 1.79 bits per heavy atom. The van der Waals surface area contributed by atoms with Crippen LogP contribution >= 0.6 is 0 Å². The lowest BCUT2D eigenvalue weighted by Gasteiger charge is -2.20. The van der Waals surface area contributed by atoms with E-state index < -0.39 is 12.4 Å². The van der Waals surface area contributed by atoms with Crippen LogP contribution in [-0.2, 0) is 0 Å². The van der Waals surface area contributed by atoms with E-state index in [1.54, 1.807) is 6.07 Å². The molecule has 0 saturated carbocycles. The highest BCUT2D eigenvalue weighted by Crippen LogP contribution is 2.17. The fraction of sp³-hybridized carbons (Fsp3) is 0.538. The molecule has 1 saturated heterocycles. The predicted molar refractivity (Wildman–Crippen MR) is 70.9 cm³/mol. The highest BCUT2D eigenvalue weighted by atomic mass is 19.4. The number of halogens is 3. The normalized spacial score (nSPS) is 16.8. The van der Waals surface area contributed by atoms with Gasteiger partial charge in [0.05, 0.1) is 12.4 Å². The second-order valence-electron chi connectivity index (χ2n) is 4.86. The standard InChI is InChI=1S/C13H18BF3NO/c15-14(16,17)12-6-1-2-7-13(12)19-11-5-10-18-8-3-4-9-18/h1-2,6-7H,3-5,8-11H2/q-1. The molecule has 0 aromatic heterocycles. The quantitative estimate of drug-likeness (QED) is 0.583. The van der Waals surface area contributed by atoms with Gasteiger partial charge in [-0.1, -0.05) is 23.7 Å². The number of para-hydroxylation sites is 1. The summed E-state index contributed by atoms with van der Waals surface area (Å²) in [5, 5.41) is 0. The molecule has 0 spiro atoms. The molecule has 1 fully saturated rings. The zero-order valence-corrected chi connectivity index (χ0v) is 10.8. The van der Waals surface area contributed by atoms with Gasteiger partial charge in [-0.15, -0.1) is 0 Å². The molecule has 0 atom stereocenters. The molecule has 1 aliphatic rings. The molecule has 0 amide bonds. The Bertz CT molecular complexity index is 405. The number of likely N-dealkylation sites (tertiary alicyclic amines) is 1. The van der Waals surface area contributed by atoms with Crippen LogP contribution in [0.3, 0.4) is 0 Å². The van der Waals surface area contributed by atoms with E-state index in [1.807, 2.05) is 0 Å². The van der Waals surface area contributed by atoms with Gasteiger partial charge in [-0.25, -0.2) is 0 Å². The molecule has 6 heteroatoms. The summed E-state index contributed by atoms with van der Waals surface area (Å²) in [5.41, 5.74) is -0.635. The summed E-state index contributed by atoms with van der Waals surface area (Å²) in [6.45, 7) is -1.57. The highest BCUT2D eigenvalue weighted by Gasteiger charge is 2.28. The molecular formula is C13H18BF3NO-. The van der Waals surface area contributed by atoms with E-state index in [0.717, 1.165) is 32.1 Å². The van der Waals surface area contributed by atoms with Crippen LogP contribution in [0.4, 0.5) is 12.9 Å². The maximum atomic E-state index is 12.8.